The Morgan fingerprint density at radius 1 is 0.972 bits per heavy atom. The van der Waals surface area contributed by atoms with Gasteiger partial charge in [0.25, 0.3) is 5.56 Å². The molecule has 0 saturated carbocycles. The number of piperazine rings is 1. The molecule has 36 heavy (non-hydrogen) atoms. The molecule has 0 radical (unpaired) electrons. The zero-order valence-corrected chi connectivity index (χ0v) is 20.8. The molecular formula is C26H32N8O2. The van der Waals surface area contributed by atoms with Crippen LogP contribution in [0.1, 0.15) is 12.6 Å². The summed E-state index contributed by atoms with van der Waals surface area (Å²) in [7, 11) is 0. The number of carbonyl (C=O) groups excluding carboxylic acids is 1. The minimum absolute atomic E-state index is 0.138. The molecule has 0 spiro atoms. The van der Waals surface area contributed by atoms with Crippen molar-refractivity contribution < 1.29 is 4.79 Å². The van der Waals surface area contributed by atoms with Crippen LogP contribution in [0.2, 0.25) is 0 Å². The molecule has 0 aliphatic carbocycles. The van der Waals surface area contributed by atoms with Crippen LogP contribution in [0.3, 0.4) is 0 Å². The molecule has 188 valence electrons. The molecule has 0 unspecified atom stereocenters. The molecular weight excluding hydrogens is 456 g/mol. The summed E-state index contributed by atoms with van der Waals surface area (Å²) >= 11 is 0. The summed E-state index contributed by atoms with van der Waals surface area (Å²) in [5.74, 6) is 0.394. The van der Waals surface area contributed by atoms with E-state index >= 15 is 0 Å². The second-order valence-corrected chi connectivity index (χ2v) is 9.06. The first-order valence-corrected chi connectivity index (χ1v) is 12.5. The largest absolute Gasteiger partial charge is 0.353 e. The zero-order chi connectivity index (χ0) is 25.1. The Balaban J connectivity index is 1.38. The minimum Gasteiger partial charge on any atom is -0.353 e. The van der Waals surface area contributed by atoms with Crippen LogP contribution in [0.25, 0.3) is 22.4 Å². The molecule has 0 atom stereocenters. The first kappa shape index (κ1) is 24.0. The second kappa shape index (κ2) is 10.5. The van der Waals surface area contributed by atoms with Crippen LogP contribution in [-0.4, -0.2) is 85.6 Å². The van der Waals surface area contributed by atoms with Gasteiger partial charge in [0.2, 0.25) is 5.91 Å². The van der Waals surface area contributed by atoms with Crippen LogP contribution in [-0.2, 0) is 11.3 Å². The average Bonchev–Trinajstić information content (AvgIpc) is 3.56. The lowest BCUT2D eigenvalue weighted by molar-refractivity contribution is -0.122. The van der Waals surface area contributed by atoms with E-state index < -0.39 is 0 Å². The van der Waals surface area contributed by atoms with E-state index in [2.05, 4.69) is 27.1 Å². The number of likely N-dealkylation sites (N-methyl/N-ethyl adjacent to an activating group) is 1. The molecule has 1 amide bonds. The highest BCUT2D eigenvalue weighted by Gasteiger charge is 2.22. The van der Waals surface area contributed by atoms with Crippen molar-refractivity contribution in [3.8, 4) is 11.5 Å². The number of carbonyl (C=O) groups is 1. The summed E-state index contributed by atoms with van der Waals surface area (Å²) in [6.45, 7) is 10.4. The Hall–Kier alpha value is -3.76. The Labute approximate surface area is 209 Å². The number of hydrogen-bond acceptors (Lipinski definition) is 6. The normalized spacial score (nSPS) is 14.9. The number of rotatable bonds is 8. The summed E-state index contributed by atoms with van der Waals surface area (Å²) in [5.41, 5.74) is 1.61. The average molecular weight is 489 g/mol. The number of aryl methyl sites for hydroxylation is 1. The summed E-state index contributed by atoms with van der Waals surface area (Å²) < 4.78 is 4.87. The van der Waals surface area contributed by atoms with Crippen LogP contribution in [0, 0.1) is 6.92 Å². The molecule has 5 rings (SSSR count). The van der Waals surface area contributed by atoms with Gasteiger partial charge in [0.05, 0.1) is 11.4 Å². The van der Waals surface area contributed by atoms with E-state index in [1.165, 1.54) is 4.68 Å². The third-order valence-electron chi connectivity index (χ3n) is 6.73. The first-order chi connectivity index (χ1) is 17.5. The van der Waals surface area contributed by atoms with Crippen molar-refractivity contribution in [2.45, 2.75) is 20.4 Å². The highest BCUT2D eigenvalue weighted by atomic mass is 16.2. The van der Waals surface area contributed by atoms with Gasteiger partial charge in [-0.25, -0.2) is 9.36 Å². The van der Waals surface area contributed by atoms with Gasteiger partial charge < -0.3 is 14.8 Å². The van der Waals surface area contributed by atoms with Gasteiger partial charge in [-0.1, -0.05) is 25.1 Å². The molecule has 10 heteroatoms. The van der Waals surface area contributed by atoms with Gasteiger partial charge in [0, 0.05) is 51.7 Å². The van der Waals surface area contributed by atoms with E-state index in [9.17, 15) is 9.59 Å². The van der Waals surface area contributed by atoms with E-state index in [1.54, 1.807) is 4.68 Å². The Morgan fingerprint density at radius 2 is 1.67 bits per heavy atom. The van der Waals surface area contributed by atoms with Crippen LogP contribution in [0.5, 0.6) is 0 Å². The Kier molecular flexibility index (Phi) is 6.97. The number of fused-ring (bicyclic) bond motifs is 1. The summed E-state index contributed by atoms with van der Waals surface area (Å²) in [4.78, 5) is 31.1. The lowest BCUT2D eigenvalue weighted by Crippen LogP contribution is -2.48. The second-order valence-electron chi connectivity index (χ2n) is 9.06. The maximum Gasteiger partial charge on any atom is 0.280 e. The van der Waals surface area contributed by atoms with Crippen molar-refractivity contribution in [1.82, 2.24) is 39.2 Å². The predicted molar refractivity (Wildman–Crippen MR) is 139 cm³/mol. The predicted octanol–water partition coefficient (Wildman–Crippen LogP) is 1.44. The number of para-hydroxylation sites is 1. The first-order valence-electron chi connectivity index (χ1n) is 12.5. The highest BCUT2D eigenvalue weighted by molar-refractivity contribution is 5.88. The summed E-state index contributed by atoms with van der Waals surface area (Å²) in [6.07, 6.45) is 3.75. The number of nitrogens with zero attached hydrogens (tertiary/aromatic N) is 7. The third kappa shape index (κ3) is 4.82. The standard InChI is InChI=1S/C26H32N8O2/c1-3-30-15-17-31(18-16-30)14-11-27-22(35)19-33-26(36)23-24(20(2)28-33)29-34(21-9-5-4-6-10-21)25(23)32-12-7-8-13-32/h4-10,12-13H,3,11,14-19H2,1-2H3,(H,27,35). The van der Waals surface area contributed by atoms with Gasteiger partial charge in [-0.15, -0.1) is 0 Å². The molecule has 1 saturated heterocycles. The van der Waals surface area contributed by atoms with E-state index in [-0.39, 0.29) is 18.0 Å². The van der Waals surface area contributed by atoms with Crippen LogP contribution < -0.4 is 10.9 Å². The van der Waals surface area contributed by atoms with Crippen molar-refractivity contribution in [1.29, 1.82) is 0 Å². The van der Waals surface area contributed by atoms with E-state index in [0.717, 1.165) is 45.0 Å². The van der Waals surface area contributed by atoms with Gasteiger partial charge >= 0.3 is 0 Å². The molecule has 10 nitrogen and oxygen atoms in total. The minimum atomic E-state index is -0.340. The molecule has 1 fully saturated rings. The van der Waals surface area contributed by atoms with E-state index in [4.69, 9.17) is 5.10 Å². The SMILES string of the molecule is CCN1CCN(CCNC(=O)Cn2nc(C)c3nn(-c4ccccc4)c(-n4cccc4)c3c2=O)CC1. The molecule has 1 N–H and O–H groups in total. The van der Waals surface area contributed by atoms with Crippen molar-refractivity contribution in [3.63, 3.8) is 0 Å². The molecule has 4 aromatic rings. The number of benzene rings is 1. The summed E-state index contributed by atoms with van der Waals surface area (Å²) in [6, 6.07) is 13.5. The Bertz CT molecular complexity index is 1380. The van der Waals surface area contributed by atoms with Gasteiger partial charge in [0.15, 0.2) is 5.82 Å². The summed E-state index contributed by atoms with van der Waals surface area (Å²) in [5, 5.41) is 12.6. The van der Waals surface area contributed by atoms with Gasteiger partial charge in [-0.2, -0.15) is 10.2 Å². The monoisotopic (exact) mass is 488 g/mol. The zero-order valence-electron chi connectivity index (χ0n) is 20.8. The molecule has 3 aromatic heterocycles. The molecule has 1 aliphatic heterocycles. The van der Waals surface area contributed by atoms with E-state index in [0.29, 0.717) is 29.0 Å². The van der Waals surface area contributed by atoms with Crippen LogP contribution in [0.4, 0.5) is 0 Å². The van der Waals surface area contributed by atoms with Gasteiger partial charge in [-0.3, -0.25) is 14.5 Å². The number of aromatic nitrogens is 5. The Morgan fingerprint density at radius 3 is 2.36 bits per heavy atom. The number of hydrogen-bond donors (Lipinski definition) is 1. The molecule has 1 aliphatic rings. The number of amides is 1. The fourth-order valence-corrected chi connectivity index (χ4v) is 4.71. The fourth-order valence-electron chi connectivity index (χ4n) is 4.71. The van der Waals surface area contributed by atoms with Gasteiger partial charge in [-0.05, 0) is 37.7 Å². The lowest BCUT2D eigenvalue weighted by Gasteiger charge is -2.33. The van der Waals surface area contributed by atoms with Crippen molar-refractivity contribution in [3.05, 3.63) is 70.9 Å². The van der Waals surface area contributed by atoms with Crippen molar-refractivity contribution in [2.75, 3.05) is 45.8 Å². The quantitative estimate of drug-likeness (QED) is 0.403. The lowest BCUT2D eigenvalue weighted by atomic mass is 10.2. The maximum atomic E-state index is 13.6. The highest BCUT2D eigenvalue weighted by Crippen LogP contribution is 2.24. The van der Waals surface area contributed by atoms with Crippen LogP contribution in [0.15, 0.2) is 59.7 Å². The van der Waals surface area contributed by atoms with Crippen LogP contribution >= 0.6 is 0 Å². The van der Waals surface area contributed by atoms with Crippen molar-refractivity contribution >= 4 is 16.8 Å². The fraction of sp³-hybridized carbons (Fsp3) is 0.385. The maximum absolute atomic E-state index is 13.6. The van der Waals surface area contributed by atoms with Gasteiger partial charge in [0.1, 0.15) is 17.4 Å². The molecule has 4 heterocycles. The molecule has 1 aromatic carbocycles. The van der Waals surface area contributed by atoms with Crippen molar-refractivity contribution in [2.24, 2.45) is 0 Å². The topological polar surface area (TPSA) is 93.2 Å². The number of nitrogens with one attached hydrogen (secondary N) is 1. The molecule has 0 bridgehead atoms. The van der Waals surface area contributed by atoms with E-state index in [1.807, 2.05) is 66.3 Å². The smallest absolute Gasteiger partial charge is 0.280 e. The third-order valence-corrected chi connectivity index (χ3v) is 6.73.